The van der Waals surface area contributed by atoms with Gasteiger partial charge in [-0.1, -0.05) is 136 Å². The molecule has 0 aliphatic rings. The van der Waals surface area contributed by atoms with Crippen LogP contribution in [0, 0.1) is 0 Å². The van der Waals surface area contributed by atoms with Gasteiger partial charge in [-0.05, 0) is 19.3 Å². The summed E-state index contributed by atoms with van der Waals surface area (Å²) in [5.74, 6) is 5.69. The van der Waals surface area contributed by atoms with E-state index in [1.807, 2.05) is 0 Å². The molecule has 3 amide bonds. The summed E-state index contributed by atoms with van der Waals surface area (Å²) in [5, 5.41) is 6.45. The third kappa shape index (κ3) is 40.9. The van der Waals surface area contributed by atoms with Gasteiger partial charge in [0.2, 0.25) is 17.7 Å². The van der Waals surface area contributed by atoms with Gasteiger partial charge in [0, 0.05) is 40.4 Å². The predicted octanol–water partition coefficient (Wildman–Crippen LogP) is 8.21. The van der Waals surface area contributed by atoms with Gasteiger partial charge in [0.25, 0.3) is 0 Å². The number of carbonyl (C=O) groups excluding carboxylic acids is 3. The monoisotopic (exact) mass is 571 g/mol. The Hall–Kier alpha value is -1.63. The van der Waals surface area contributed by atoms with Crippen LogP contribution >= 0.6 is 0 Å². The number of hydrogen-bond acceptors (Lipinski definition) is 4. The van der Waals surface area contributed by atoms with E-state index in [2.05, 4.69) is 31.4 Å². The third-order valence-corrected chi connectivity index (χ3v) is 6.96. The van der Waals surface area contributed by atoms with Gasteiger partial charge in [-0.2, -0.15) is 0 Å². The van der Waals surface area contributed by atoms with Gasteiger partial charge >= 0.3 is 0 Å². The number of rotatable bonds is 24. The van der Waals surface area contributed by atoms with Crippen molar-refractivity contribution in [2.24, 2.45) is 5.84 Å². The van der Waals surface area contributed by atoms with Crippen molar-refractivity contribution in [2.45, 2.75) is 175 Å². The molecule has 0 radical (unpaired) electrons. The van der Waals surface area contributed by atoms with Crippen molar-refractivity contribution in [3.63, 3.8) is 0 Å². The Balaban J connectivity index is -0.000000514. The number of hydrazine groups is 1. The summed E-state index contributed by atoms with van der Waals surface area (Å²) >= 11 is 0. The SMILES string of the molecule is CCCCCCCCCC(=O)N(C)N.CCCCCCCCCC(=O)NC.CCCCCCCCCC(=O)NC. The van der Waals surface area contributed by atoms with Crippen molar-refractivity contribution < 1.29 is 14.4 Å². The minimum Gasteiger partial charge on any atom is -0.359 e. The van der Waals surface area contributed by atoms with E-state index in [1.165, 1.54) is 114 Å². The van der Waals surface area contributed by atoms with Crippen LogP contribution in [0.4, 0.5) is 0 Å². The molecular weight excluding hydrogens is 500 g/mol. The Morgan fingerprint density at radius 2 is 0.725 bits per heavy atom. The molecule has 0 atom stereocenters. The summed E-state index contributed by atoms with van der Waals surface area (Å²) in [6.07, 6.45) is 28.4. The fourth-order valence-corrected chi connectivity index (χ4v) is 4.15. The molecule has 0 heterocycles. The van der Waals surface area contributed by atoms with E-state index >= 15 is 0 Å². The van der Waals surface area contributed by atoms with E-state index in [0.717, 1.165) is 25.7 Å². The largest absolute Gasteiger partial charge is 0.359 e. The molecule has 40 heavy (non-hydrogen) atoms. The lowest BCUT2D eigenvalue weighted by atomic mass is 10.1. The average molecular weight is 571 g/mol. The second-order valence-corrected chi connectivity index (χ2v) is 11.0. The fraction of sp³-hybridized carbons (Fsp3) is 0.909. The van der Waals surface area contributed by atoms with Gasteiger partial charge in [0.15, 0.2) is 0 Å². The van der Waals surface area contributed by atoms with Crippen LogP contribution in [0.2, 0.25) is 0 Å². The van der Waals surface area contributed by atoms with Gasteiger partial charge in [-0.15, -0.1) is 0 Å². The number of carbonyl (C=O) groups is 3. The lowest BCUT2D eigenvalue weighted by molar-refractivity contribution is -0.130. The predicted molar refractivity (Wildman–Crippen MR) is 173 cm³/mol. The number of nitrogens with zero attached hydrogens (tertiary/aromatic N) is 1. The summed E-state index contributed by atoms with van der Waals surface area (Å²) < 4.78 is 0. The van der Waals surface area contributed by atoms with Crippen LogP contribution in [-0.4, -0.2) is 43.9 Å². The van der Waals surface area contributed by atoms with Crippen molar-refractivity contribution in [2.75, 3.05) is 21.1 Å². The van der Waals surface area contributed by atoms with Crippen molar-refractivity contribution >= 4 is 17.7 Å². The molecule has 240 valence electrons. The first kappa shape index (κ1) is 42.8. The molecule has 0 saturated carbocycles. The highest BCUT2D eigenvalue weighted by atomic mass is 16.2. The van der Waals surface area contributed by atoms with Crippen LogP contribution in [0.25, 0.3) is 0 Å². The fourth-order valence-electron chi connectivity index (χ4n) is 4.15. The standard InChI is InChI=1S/C11H24N2O.2C11H23NO/c1-3-4-5-6-7-8-9-10-11(14)13(2)12;2*1-3-4-5-6-7-8-9-10-11(13)12-2/h3-10,12H2,1-2H3;2*3-10H2,1-2H3,(H,12,13). The van der Waals surface area contributed by atoms with Crippen LogP contribution in [0.5, 0.6) is 0 Å². The van der Waals surface area contributed by atoms with E-state index < -0.39 is 0 Å². The maximum atomic E-state index is 11.1. The first-order chi connectivity index (χ1) is 19.3. The normalized spacial score (nSPS) is 10.1. The molecule has 4 N–H and O–H groups in total. The van der Waals surface area contributed by atoms with Gasteiger partial charge in [0.05, 0.1) is 0 Å². The Kier molecular flexibility index (Phi) is 40.0. The molecule has 0 rings (SSSR count). The van der Waals surface area contributed by atoms with Crippen LogP contribution in [0.1, 0.15) is 175 Å². The van der Waals surface area contributed by atoms with E-state index in [0.29, 0.717) is 19.3 Å². The summed E-state index contributed by atoms with van der Waals surface area (Å²) in [7, 11) is 5.00. The summed E-state index contributed by atoms with van der Waals surface area (Å²) in [6, 6.07) is 0. The first-order valence-electron chi connectivity index (χ1n) is 16.7. The number of nitrogens with two attached hydrogens (primary N) is 1. The highest BCUT2D eigenvalue weighted by Gasteiger charge is 2.03. The first-order valence-corrected chi connectivity index (χ1v) is 16.7. The van der Waals surface area contributed by atoms with Gasteiger partial charge in [0.1, 0.15) is 0 Å². The zero-order valence-electron chi connectivity index (χ0n) is 27.7. The Morgan fingerprint density at radius 1 is 0.475 bits per heavy atom. The Morgan fingerprint density at radius 3 is 0.975 bits per heavy atom. The van der Waals surface area contributed by atoms with E-state index in [-0.39, 0.29) is 17.7 Å². The molecule has 7 nitrogen and oxygen atoms in total. The molecule has 0 aromatic rings. The molecule has 0 saturated heterocycles. The second kappa shape index (κ2) is 37.4. The maximum Gasteiger partial charge on any atom is 0.236 e. The van der Waals surface area contributed by atoms with Crippen LogP contribution in [0.15, 0.2) is 0 Å². The number of unbranched alkanes of at least 4 members (excludes halogenated alkanes) is 18. The second-order valence-electron chi connectivity index (χ2n) is 11.0. The summed E-state index contributed by atoms with van der Waals surface area (Å²) in [4.78, 5) is 32.8. The molecule has 0 aromatic carbocycles. The molecule has 0 fully saturated rings. The number of nitrogens with one attached hydrogen (secondary N) is 2. The molecule has 7 heteroatoms. The van der Waals surface area contributed by atoms with Crippen molar-refractivity contribution in [1.82, 2.24) is 15.6 Å². The lowest BCUT2D eigenvalue weighted by Gasteiger charge is -2.08. The maximum absolute atomic E-state index is 11.1. The van der Waals surface area contributed by atoms with Crippen LogP contribution in [0.3, 0.4) is 0 Å². The van der Waals surface area contributed by atoms with Gasteiger partial charge in [-0.3, -0.25) is 19.4 Å². The topological polar surface area (TPSA) is 105 Å². The number of amides is 3. The zero-order valence-corrected chi connectivity index (χ0v) is 27.7. The number of hydrogen-bond donors (Lipinski definition) is 3. The van der Waals surface area contributed by atoms with Crippen molar-refractivity contribution in [1.29, 1.82) is 0 Å². The smallest absolute Gasteiger partial charge is 0.236 e. The highest BCUT2D eigenvalue weighted by molar-refractivity contribution is 5.75. The molecule has 0 aliphatic heterocycles. The van der Waals surface area contributed by atoms with E-state index in [1.54, 1.807) is 21.1 Å². The van der Waals surface area contributed by atoms with E-state index in [4.69, 9.17) is 5.84 Å². The molecular formula is C33H70N4O3. The molecule has 0 aliphatic carbocycles. The van der Waals surface area contributed by atoms with Gasteiger partial charge < -0.3 is 10.6 Å². The van der Waals surface area contributed by atoms with Crippen LogP contribution in [-0.2, 0) is 14.4 Å². The third-order valence-electron chi connectivity index (χ3n) is 6.96. The quantitative estimate of drug-likeness (QED) is 0.0470. The van der Waals surface area contributed by atoms with E-state index in [9.17, 15) is 14.4 Å². The highest BCUT2D eigenvalue weighted by Crippen LogP contribution is 2.10. The summed E-state index contributed by atoms with van der Waals surface area (Å²) in [6.45, 7) is 6.67. The average Bonchev–Trinajstić information content (AvgIpc) is 2.95. The Bertz CT molecular complexity index is 512. The molecule has 0 aromatic heterocycles. The van der Waals surface area contributed by atoms with Crippen molar-refractivity contribution in [3.8, 4) is 0 Å². The van der Waals surface area contributed by atoms with Crippen LogP contribution < -0.4 is 16.5 Å². The summed E-state index contributed by atoms with van der Waals surface area (Å²) in [5.41, 5.74) is 0. The molecule has 0 spiro atoms. The zero-order chi connectivity index (χ0) is 30.7. The lowest BCUT2D eigenvalue weighted by Crippen LogP contribution is -2.32. The minimum absolute atomic E-state index is 0.0403. The molecule has 0 bridgehead atoms. The molecule has 0 unspecified atom stereocenters. The van der Waals surface area contributed by atoms with Gasteiger partial charge in [-0.25, -0.2) is 5.84 Å². The Labute approximate surface area is 249 Å². The minimum atomic E-state index is 0.0403. The van der Waals surface area contributed by atoms with Crippen molar-refractivity contribution in [3.05, 3.63) is 0 Å².